The van der Waals surface area contributed by atoms with Crippen LogP contribution in [0.4, 0.5) is 16.2 Å². The Morgan fingerprint density at radius 3 is 2.74 bits per heavy atom. The van der Waals surface area contributed by atoms with Gasteiger partial charge in [0.15, 0.2) is 0 Å². The first-order valence-corrected chi connectivity index (χ1v) is 10.3. The summed E-state index contributed by atoms with van der Waals surface area (Å²) in [7, 11) is -3.24. The maximum Gasteiger partial charge on any atom is 0.319 e. The molecule has 3 aromatic rings. The quantitative estimate of drug-likeness (QED) is 0.645. The summed E-state index contributed by atoms with van der Waals surface area (Å²) in [5, 5.41) is 6.64. The lowest BCUT2D eigenvalue weighted by Gasteiger charge is -2.17. The van der Waals surface area contributed by atoms with Gasteiger partial charge in [-0.05, 0) is 42.1 Å². The second-order valence-corrected chi connectivity index (χ2v) is 8.49. The Bertz CT molecular complexity index is 1060. The van der Waals surface area contributed by atoms with Crippen LogP contribution in [0.3, 0.4) is 0 Å². The highest BCUT2D eigenvalue weighted by Gasteiger charge is 2.28. The van der Waals surface area contributed by atoms with Gasteiger partial charge in [-0.25, -0.2) is 13.2 Å². The first-order valence-electron chi connectivity index (χ1n) is 8.73. The number of aromatic nitrogens is 1. The van der Waals surface area contributed by atoms with Crippen LogP contribution in [-0.2, 0) is 16.6 Å². The highest BCUT2D eigenvalue weighted by Crippen LogP contribution is 2.26. The molecule has 2 heterocycles. The molecule has 1 aliphatic heterocycles. The average molecular weight is 384 g/mol. The first kappa shape index (κ1) is 17.4. The van der Waals surface area contributed by atoms with E-state index < -0.39 is 10.0 Å². The zero-order chi connectivity index (χ0) is 18.9. The lowest BCUT2D eigenvalue weighted by molar-refractivity contribution is 0.251. The Hall–Kier alpha value is -3.00. The summed E-state index contributed by atoms with van der Waals surface area (Å²) in [6.45, 7) is 0.832. The third-order valence-electron chi connectivity index (χ3n) is 4.52. The Kier molecular flexibility index (Phi) is 4.49. The fraction of sp³-hybridized carbons (Fsp3) is 0.211. The summed E-state index contributed by atoms with van der Waals surface area (Å²) in [5.74, 6) is 0.162. The normalized spacial score (nSPS) is 15.8. The third-order valence-corrected chi connectivity index (χ3v) is 6.39. The summed E-state index contributed by atoms with van der Waals surface area (Å²) >= 11 is 0. The fourth-order valence-electron chi connectivity index (χ4n) is 3.25. The molecule has 1 aliphatic rings. The van der Waals surface area contributed by atoms with E-state index in [2.05, 4.69) is 15.6 Å². The number of anilines is 2. The van der Waals surface area contributed by atoms with Crippen LogP contribution in [-0.4, -0.2) is 31.7 Å². The van der Waals surface area contributed by atoms with Crippen molar-refractivity contribution in [3.8, 4) is 0 Å². The molecule has 1 saturated heterocycles. The van der Waals surface area contributed by atoms with E-state index in [-0.39, 0.29) is 11.8 Å². The van der Waals surface area contributed by atoms with E-state index in [1.165, 1.54) is 4.31 Å². The Morgan fingerprint density at radius 2 is 1.96 bits per heavy atom. The van der Waals surface area contributed by atoms with Crippen molar-refractivity contribution in [2.24, 2.45) is 0 Å². The number of hydrogen-bond acceptors (Lipinski definition) is 3. The van der Waals surface area contributed by atoms with Crippen molar-refractivity contribution in [2.45, 2.75) is 13.0 Å². The molecular weight excluding hydrogens is 364 g/mol. The number of urea groups is 1. The first-order chi connectivity index (χ1) is 13.0. The molecule has 27 heavy (non-hydrogen) atoms. The van der Waals surface area contributed by atoms with E-state index in [0.717, 1.165) is 16.6 Å². The molecular formula is C19H20N4O3S. The number of nitrogens with one attached hydrogen (secondary N) is 3. The Morgan fingerprint density at radius 1 is 1.11 bits per heavy atom. The predicted octanol–water partition coefficient (Wildman–Crippen LogP) is 3.03. The maximum atomic E-state index is 12.2. The minimum absolute atomic E-state index is 0.162. The van der Waals surface area contributed by atoms with Crippen molar-refractivity contribution >= 4 is 38.3 Å². The van der Waals surface area contributed by atoms with Crippen LogP contribution in [0, 0.1) is 0 Å². The van der Waals surface area contributed by atoms with Gasteiger partial charge in [-0.3, -0.25) is 4.31 Å². The topological polar surface area (TPSA) is 94.3 Å². The van der Waals surface area contributed by atoms with Gasteiger partial charge in [0.1, 0.15) is 0 Å². The summed E-state index contributed by atoms with van der Waals surface area (Å²) < 4.78 is 25.5. The van der Waals surface area contributed by atoms with E-state index in [1.54, 1.807) is 24.3 Å². The molecule has 0 radical (unpaired) electrons. The second kappa shape index (κ2) is 6.96. The maximum absolute atomic E-state index is 12.2. The number of amides is 2. The molecule has 1 aromatic heterocycles. The number of para-hydroxylation sites is 1. The van der Waals surface area contributed by atoms with Crippen LogP contribution < -0.4 is 14.9 Å². The van der Waals surface area contributed by atoms with E-state index in [9.17, 15) is 13.2 Å². The molecule has 0 unspecified atom stereocenters. The van der Waals surface area contributed by atoms with Crippen molar-refractivity contribution in [1.29, 1.82) is 0 Å². The second-order valence-electron chi connectivity index (χ2n) is 6.48. The fourth-order valence-corrected chi connectivity index (χ4v) is 4.80. The van der Waals surface area contributed by atoms with Gasteiger partial charge in [0.2, 0.25) is 10.0 Å². The molecule has 2 amide bonds. The summed E-state index contributed by atoms with van der Waals surface area (Å²) in [6.07, 6.45) is 0.616. The molecule has 4 rings (SSSR count). The number of fused-ring (bicyclic) bond motifs is 1. The molecule has 7 nitrogen and oxygen atoms in total. The van der Waals surface area contributed by atoms with Crippen LogP contribution in [0.25, 0.3) is 10.9 Å². The molecule has 0 saturated carbocycles. The molecule has 0 aliphatic carbocycles. The highest BCUT2D eigenvalue weighted by molar-refractivity contribution is 7.93. The van der Waals surface area contributed by atoms with Crippen LogP contribution in [0.5, 0.6) is 0 Å². The van der Waals surface area contributed by atoms with Crippen LogP contribution >= 0.6 is 0 Å². The number of aromatic amines is 1. The number of H-pyrrole nitrogens is 1. The lowest BCUT2D eigenvalue weighted by atomic mass is 10.2. The zero-order valence-electron chi connectivity index (χ0n) is 14.6. The third kappa shape index (κ3) is 3.75. The number of carbonyl (C=O) groups is 1. The standard InChI is InChI=1S/C19H20N4O3S/c24-19(20-13-16-11-14-5-1-2-8-18(14)21-16)22-15-6-3-7-17(12-15)23-9-4-10-27(23,25)26/h1-3,5-8,11-12,21H,4,9-10,13H2,(H2,20,22,24). The molecule has 1 fully saturated rings. The van der Waals surface area contributed by atoms with Gasteiger partial charge in [-0.2, -0.15) is 0 Å². The summed E-state index contributed by atoms with van der Waals surface area (Å²) in [5.41, 5.74) is 3.04. The van der Waals surface area contributed by atoms with Crippen molar-refractivity contribution in [3.05, 3.63) is 60.3 Å². The minimum Gasteiger partial charge on any atom is -0.357 e. The van der Waals surface area contributed by atoms with Gasteiger partial charge in [0.05, 0.1) is 18.0 Å². The monoisotopic (exact) mass is 384 g/mol. The molecule has 3 N–H and O–H groups in total. The number of hydrogen-bond donors (Lipinski definition) is 3. The van der Waals surface area contributed by atoms with E-state index >= 15 is 0 Å². The molecule has 0 spiro atoms. The van der Waals surface area contributed by atoms with Crippen LogP contribution in [0.15, 0.2) is 54.6 Å². The zero-order valence-corrected chi connectivity index (χ0v) is 15.4. The van der Waals surface area contributed by atoms with Gasteiger partial charge in [0, 0.05) is 23.4 Å². The van der Waals surface area contributed by atoms with Crippen molar-refractivity contribution in [2.75, 3.05) is 21.9 Å². The summed E-state index contributed by atoms with van der Waals surface area (Å²) in [6, 6.07) is 16.4. The number of benzene rings is 2. The number of nitrogens with zero attached hydrogens (tertiary/aromatic N) is 1. The molecule has 140 valence electrons. The smallest absolute Gasteiger partial charge is 0.319 e. The molecule has 0 atom stereocenters. The highest BCUT2D eigenvalue weighted by atomic mass is 32.2. The number of rotatable bonds is 4. The van der Waals surface area contributed by atoms with Crippen molar-refractivity contribution in [3.63, 3.8) is 0 Å². The lowest BCUT2D eigenvalue weighted by Crippen LogP contribution is -2.28. The van der Waals surface area contributed by atoms with Crippen LogP contribution in [0.1, 0.15) is 12.1 Å². The van der Waals surface area contributed by atoms with Crippen molar-refractivity contribution < 1.29 is 13.2 Å². The predicted molar refractivity (Wildman–Crippen MR) is 106 cm³/mol. The molecule has 0 bridgehead atoms. The van der Waals surface area contributed by atoms with Gasteiger partial charge in [-0.15, -0.1) is 0 Å². The molecule has 8 heteroatoms. The number of carbonyl (C=O) groups excluding carboxylic acids is 1. The van der Waals surface area contributed by atoms with Gasteiger partial charge >= 0.3 is 6.03 Å². The molecule has 2 aromatic carbocycles. The SMILES string of the molecule is O=C(NCc1cc2ccccc2[nH]1)Nc1cccc(N2CCCS2(=O)=O)c1. The van der Waals surface area contributed by atoms with E-state index in [0.29, 0.717) is 30.9 Å². The minimum atomic E-state index is -3.24. The van der Waals surface area contributed by atoms with Gasteiger partial charge in [0.25, 0.3) is 0 Å². The van der Waals surface area contributed by atoms with Crippen molar-refractivity contribution in [1.82, 2.24) is 10.3 Å². The largest absolute Gasteiger partial charge is 0.357 e. The Balaban J connectivity index is 1.40. The van der Waals surface area contributed by atoms with Crippen LogP contribution in [0.2, 0.25) is 0 Å². The number of sulfonamides is 1. The Labute approximate surface area is 157 Å². The summed E-state index contributed by atoms with van der Waals surface area (Å²) in [4.78, 5) is 15.4. The van der Waals surface area contributed by atoms with Gasteiger partial charge in [-0.1, -0.05) is 24.3 Å². The van der Waals surface area contributed by atoms with Gasteiger partial charge < -0.3 is 15.6 Å². The van der Waals surface area contributed by atoms with E-state index in [1.807, 2.05) is 30.3 Å². The van der Waals surface area contributed by atoms with E-state index in [4.69, 9.17) is 0 Å². The average Bonchev–Trinajstić information content (AvgIpc) is 3.22.